The van der Waals surface area contributed by atoms with Crippen LogP contribution in [0.1, 0.15) is 6.92 Å². The Bertz CT molecular complexity index is 56.7. The number of hydrogen-bond donors (Lipinski definition) is 0. The number of carbonyl (C=O) groups excluding carboxylic acids is 1. The lowest BCUT2D eigenvalue weighted by Crippen LogP contribution is -1.99. The van der Waals surface area contributed by atoms with E-state index in [1.54, 1.807) is 0 Å². The van der Waals surface area contributed by atoms with Crippen LogP contribution in [-0.4, -0.2) is 30.7 Å². The number of rotatable bonds is 0. The van der Waals surface area contributed by atoms with Crippen LogP contribution in [0.5, 0.6) is 0 Å². The Morgan fingerprint density at radius 2 is 1.38 bits per heavy atom. The molecule has 0 aromatic heterocycles. The second-order valence-electron chi connectivity index (χ2n) is 1.81. The third kappa shape index (κ3) is 13200. The lowest BCUT2D eigenvalue weighted by atomic mass is 11.0. The van der Waals surface area contributed by atoms with Gasteiger partial charge >= 0.3 is 0 Å². The van der Waals surface area contributed by atoms with Gasteiger partial charge in [0.25, 0.3) is 0 Å². The van der Waals surface area contributed by atoms with E-state index >= 15 is 0 Å². The summed E-state index contributed by atoms with van der Waals surface area (Å²) in [4.78, 5) is 11.4. The lowest BCUT2D eigenvalue weighted by Gasteiger charge is -1.90. The van der Waals surface area contributed by atoms with Crippen LogP contribution in [0.4, 0.5) is 0 Å². The monoisotopic (exact) mass is 181 g/mol. The molecule has 0 unspecified atom stereocenters. The predicted octanol–water partition coefficient (Wildman–Crippen LogP) is 1.11. The first kappa shape index (κ1) is 11.0. The van der Waals surface area contributed by atoms with Gasteiger partial charge in [0.05, 0.1) is 0 Å². The van der Waals surface area contributed by atoms with E-state index in [1.165, 1.54) is 6.92 Å². The van der Waals surface area contributed by atoms with E-state index in [4.69, 9.17) is 0 Å². The minimum Gasteiger partial charge on any atom is -0.312 e. The summed E-state index contributed by atoms with van der Waals surface area (Å²) < 4.78 is -0.0208. The molecule has 0 bridgehead atoms. The van der Waals surface area contributed by atoms with E-state index in [9.17, 15) is 4.79 Å². The second-order valence-corrected chi connectivity index (χ2v) is 2.93. The lowest BCUT2D eigenvalue weighted by molar-refractivity contribution is -0.108. The number of nitrogens with zero attached hydrogens (tertiary/aromatic N) is 1. The van der Waals surface area contributed by atoms with Crippen molar-refractivity contribution in [3.63, 3.8) is 0 Å². The van der Waals surface area contributed by atoms with Crippen molar-refractivity contribution in [2.75, 3.05) is 21.1 Å². The van der Waals surface area contributed by atoms with Crippen LogP contribution >= 0.6 is 15.9 Å². The molecule has 0 heterocycles. The highest BCUT2D eigenvalue weighted by molar-refractivity contribution is 9.18. The van der Waals surface area contributed by atoms with E-state index < -0.39 is 0 Å². The highest BCUT2D eigenvalue weighted by Gasteiger charge is 1.66. The van der Waals surface area contributed by atoms with E-state index in [0.717, 1.165) is 0 Å². The van der Waals surface area contributed by atoms with Gasteiger partial charge in [-0.15, -0.1) is 0 Å². The highest BCUT2D eigenvalue weighted by atomic mass is 79.9. The average molecular weight is 182 g/mol. The molecule has 0 saturated heterocycles. The number of hydrogen-bond acceptors (Lipinski definition) is 2. The first-order valence-electron chi connectivity index (χ1n) is 2.23. The van der Waals surface area contributed by atoms with Gasteiger partial charge in [-0.3, -0.25) is 4.79 Å². The van der Waals surface area contributed by atoms with Crippen LogP contribution in [0.15, 0.2) is 0 Å². The first-order chi connectivity index (χ1) is 3.46. The largest absolute Gasteiger partial charge is 0.312 e. The topological polar surface area (TPSA) is 20.3 Å². The van der Waals surface area contributed by atoms with Crippen molar-refractivity contribution in [2.24, 2.45) is 0 Å². The van der Waals surface area contributed by atoms with Gasteiger partial charge in [-0.1, -0.05) is 0 Å². The number of carbonyl (C=O) groups is 1. The molecule has 0 aliphatic heterocycles. The summed E-state index contributed by atoms with van der Waals surface area (Å²) in [7, 11) is 6.00. The molecule has 50 valence electrons. The van der Waals surface area contributed by atoms with Gasteiger partial charge < -0.3 is 4.90 Å². The van der Waals surface area contributed by atoms with E-state index in [2.05, 4.69) is 15.9 Å². The van der Waals surface area contributed by atoms with Crippen molar-refractivity contribution in [1.82, 2.24) is 4.90 Å². The summed E-state index contributed by atoms with van der Waals surface area (Å²) >= 11 is 2.63. The zero-order valence-electron chi connectivity index (χ0n) is 5.73. The minimum absolute atomic E-state index is 0.0208. The molecule has 0 radical (unpaired) electrons. The van der Waals surface area contributed by atoms with Gasteiger partial charge in [-0.05, 0) is 37.1 Å². The molecule has 0 aliphatic rings. The standard InChI is InChI=1S/C3H9N.C2H3BrO/c1-4(2)3;1-2(3)4/h1-3H3;1H3. The summed E-state index contributed by atoms with van der Waals surface area (Å²) in [6, 6.07) is 0. The van der Waals surface area contributed by atoms with Crippen molar-refractivity contribution in [3.05, 3.63) is 0 Å². The molecule has 0 aliphatic carbocycles. The Morgan fingerprint density at radius 1 is 1.38 bits per heavy atom. The highest BCUT2D eigenvalue weighted by Crippen LogP contribution is 1.74. The minimum atomic E-state index is -0.0208. The maximum Gasteiger partial charge on any atom is 0.194 e. The van der Waals surface area contributed by atoms with Gasteiger partial charge in [-0.25, -0.2) is 0 Å². The summed E-state index contributed by atoms with van der Waals surface area (Å²) in [5.41, 5.74) is 0. The van der Waals surface area contributed by atoms with Crippen molar-refractivity contribution in [3.8, 4) is 0 Å². The molecule has 0 aromatic rings. The fourth-order valence-electron chi connectivity index (χ4n) is 0. The Balaban J connectivity index is 0. The van der Waals surface area contributed by atoms with Crippen LogP contribution in [0.25, 0.3) is 0 Å². The van der Waals surface area contributed by atoms with Crippen LogP contribution in [0.3, 0.4) is 0 Å². The zero-order valence-corrected chi connectivity index (χ0v) is 7.32. The summed E-state index contributed by atoms with van der Waals surface area (Å²) in [5, 5.41) is 0. The quantitative estimate of drug-likeness (QED) is 0.523. The predicted molar refractivity (Wildman–Crippen MR) is 39.2 cm³/mol. The van der Waals surface area contributed by atoms with E-state index in [1.807, 2.05) is 26.0 Å². The average Bonchev–Trinajstić information content (AvgIpc) is 1.25. The van der Waals surface area contributed by atoms with Gasteiger partial charge in [0, 0.05) is 6.92 Å². The Kier molecular flexibility index (Phi) is 9.76. The zero-order chi connectivity index (χ0) is 7.15. The van der Waals surface area contributed by atoms with Gasteiger partial charge in [-0.2, -0.15) is 0 Å². The smallest absolute Gasteiger partial charge is 0.194 e. The van der Waals surface area contributed by atoms with Crippen molar-refractivity contribution < 1.29 is 4.79 Å². The van der Waals surface area contributed by atoms with Crippen LogP contribution in [-0.2, 0) is 4.79 Å². The maximum atomic E-state index is 9.36. The van der Waals surface area contributed by atoms with E-state index in [0.29, 0.717) is 0 Å². The molecule has 2 nitrogen and oxygen atoms in total. The molecule has 0 rings (SSSR count). The fraction of sp³-hybridized carbons (Fsp3) is 0.800. The molecule has 8 heavy (non-hydrogen) atoms. The normalized spacial score (nSPS) is 7.75. The molecule has 3 heteroatoms. The SMILES string of the molecule is CC(=O)Br.CN(C)C. The fourth-order valence-corrected chi connectivity index (χ4v) is 0. The van der Waals surface area contributed by atoms with Crippen LogP contribution in [0, 0.1) is 0 Å². The molecule has 0 N–H and O–H groups in total. The molecule has 0 saturated carbocycles. The Morgan fingerprint density at radius 3 is 1.38 bits per heavy atom. The molecule has 0 aromatic carbocycles. The maximum absolute atomic E-state index is 9.36. The third-order valence-electron chi connectivity index (χ3n) is 0. The summed E-state index contributed by atoms with van der Waals surface area (Å²) in [6.45, 7) is 1.44. The Hall–Kier alpha value is 0.110. The second kappa shape index (κ2) is 7.11. The van der Waals surface area contributed by atoms with Gasteiger partial charge in [0.15, 0.2) is 4.69 Å². The van der Waals surface area contributed by atoms with Crippen molar-refractivity contribution >= 4 is 20.6 Å². The molecule has 0 atom stereocenters. The van der Waals surface area contributed by atoms with Crippen LogP contribution in [0.2, 0.25) is 0 Å². The Labute approximate surface area is 59.0 Å². The van der Waals surface area contributed by atoms with Crippen molar-refractivity contribution in [1.29, 1.82) is 0 Å². The van der Waals surface area contributed by atoms with Crippen molar-refractivity contribution in [2.45, 2.75) is 6.92 Å². The third-order valence-corrected chi connectivity index (χ3v) is 0. The first-order valence-corrected chi connectivity index (χ1v) is 3.03. The molecule has 0 amide bonds. The molecular formula is C5H12BrNO. The summed E-state index contributed by atoms with van der Waals surface area (Å²) in [5.74, 6) is 0. The molecule has 0 spiro atoms. The van der Waals surface area contributed by atoms with Gasteiger partial charge in [0.2, 0.25) is 0 Å². The van der Waals surface area contributed by atoms with Crippen LogP contribution < -0.4 is 0 Å². The summed E-state index contributed by atoms with van der Waals surface area (Å²) in [6.07, 6.45) is 0. The molecule has 0 fully saturated rings. The molecular weight excluding hydrogens is 170 g/mol. The van der Waals surface area contributed by atoms with E-state index in [-0.39, 0.29) is 4.69 Å². The number of halogens is 1. The van der Waals surface area contributed by atoms with Gasteiger partial charge in [0.1, 0.15) is 0 Å².